The zero-order chi connectivity index (χ0) is 13.9. The first-order valence-corrected chi connectivity index (χ1v) is 6.23. The Labute approximate surface area is 110 Å². The topological polar surface area (TPSA) is 64.6 Å². The number of carbonyl (C=O) groups excluding carboxylic acids is 2. The van der Waals surface area contributed by atoms with Crippen molar-refractivity contribution in [2.75, 3.05) is 12.4 Å². The summed E-state index contributed by atoms with van der Waals surface area (Å²) in [6.07, 6.45) is -0.542. The fraction of sp³-hybridized carbons (Fsp3) is 0.500. The van der Waals surface area contributed by atoms with Gasteiger partial charge in [0.2, 0.25) is 0 Å². The van der Waals surface area contributed by atoms with Crippen molar-refractivity contribution >= 4 is 28.4 Å². The Kier molecular flexibility index (Phi) is 4.34. The van der Waals surface area contributed by atoms with Crippen LogP contribution in [0.2, 0.25) is 0 Å². The van der Waals surface area contributed by atoms with Crippen molar-refractivity contribution in [3.63, 3.8) is 0 Å². The number of carbonyl (C=O) groups is 2. The van der Waals surface area contributed by atoms with Gasteiger partial charge in [0.1, 0.15) is 10.5 Å². The number of nitrogens with one attached hydrogen (secondary N) is 1. The van der Waals surface area contributed by atoms with Gasteiger partial charge in [-0.05, 0) is 39.3 Å². The van der Waals surface area contributed by atoms with Gasteiger partial charge in [0.15, 0.2) is 0 Å². The van der Waals surface area contributed by atoms with E-state index in [0.29, 0.717) is 9.88 Å². The molecule has 0 aliphatic carbocycles. The van der Waals surface area contributed by atoms with Crippen LogP contribution in [0.4, 0.5) is 9.80 Å². The summed E-state index contributed by atoms with van der Waals surface area (Å²) in [6.45, 7) is 7.13. The molecule has 0 spiro atoms. The number of ether oxygens (including phenoxy) is 2. The lowest BCUT2D eigenvalue weighted by molar-refractivity contribution is 0.0602. The molecule has 1 aromatic rings. The van der Waals surface area contributed by atoms with Crippen molar-refractivity contribution in [1.29, 1.82) is 0 Å². The van der Waals surface area contributed by atoms with Gasteiger partial charge in [-0.1, -0.05) is 0 Å². The van der Waals surface area contributed by atoms with Crippen molar-refractivity contribution < 1.29 is 19.1 Å². The van der Waals surface area contributed by atoms with Crippen LogP contribution in [-0.4, -0.2) is 24.8 Å². The van der Waals surface area contributed by atoms with Gasteiger partial charge in [-0.3, -0.25) is 5.32 Å². The highest BCUT2D eigenvalue weighted by Gasteiger charge is 2.19. The second kappa shape index (κ2) is 5.39. The van der Waals surface area contributed by atoms with E-state index in [2.05, 4.69) is 10.1 Å². The summed E-state index contributed by atoms with van der Waals surface area (Å²) in [7, 11) is 1.32. The minimum absolute atomic E-state index is 0.408. The molecule has 1 N–H and O–H groups in total. The van der Waals surface area contributed by atoms with Crippen LogP contribution in [0.25, 0.3) is 0 Å². The lowest BCUT2D eigenvalue weighted by atomic mass is 10.2. The number of thiophene rings is 1. The molecule has 0 unspecified atom stereocenters. The molecule has 0 aromatic carbocycles. The van der Waals surface area contributed by atoms with Gasteiger partial charge in [-0.15, -0.1) is 11.3 Å². The third-order valence-electron chi connectivity index (χ3n) is 1.91. The van der Waals surface area contributed by atoms with Crippen LogP contribution < -0.4 is 5.32 Å². The van der Waals surface area contributed by atoms with E-state index in [9.17, 15) is 9.59 Å². The summed E-state index contributed by atoms with van der Waals surface area (Å²) in [4.78, 5) is 23.4. The summed E-state index contributed by atoms with van der Waals surface area (Å²) in [5.41, 5.74) is 0.208. The molecule has 0 aliphatic rings. The molecule has 0 atom stereocenters. The van der Waals surface area contributed by atoms with E-state index in [-0.39, 0.29) is 0 Å². The van der Waals surface area contributed by atoms with Crippen molar-refractivity contribution in [3.05, 3.63) is 16.5 Å². The van der Waals surface area contributed by atoms with E-state index in [1.165, 1.54) is 7.11 Å². The summed E-state index contributed by atoms with van der Waals surface area (Å²) >= 11 is 1.16. The molecule has 0 saturated carbocycles. The molecule has 1 aromatic heterocycles. The Hall–Kier alpha value is -1.56. The lowest BCUT2D eigenvalue weighted by Gasteiger charge is -2.19. The van der Waals surface area contributed by atoms with E-state index >= 15 is 0 Å². The number of hydrogen-bond acceptors (Lipinski definition) is 5. The molecule has 0 aliphatic heterocycles. The third-order valence-corrected chi connectivity index (χ3v) is 3.05. The molecule has 1 heterocycles. The Morgan fingerprint density at radius 1 is 1.33 bits per heavy atom. The highest BCUT2D eigenvalue weighted by atomic mass is 32.1. The largest absolute Gasteiger partial charge is 0.465 e. The second-order valence-electron chi connectivity index (χ2n) is 4.74. The van der Waals surface area contributed by atoms with Crippen LogP contribution in [0.1, 0.15) is 36.0 Å². The van der Waals surface area contributed by atoms with E-state index in [0.717, 1.165) is 16.9 Å². The summed E-state index contributed by atoms with van der Waals surface area (Å²) < 4.78 is 9.76. The van der Waals surface area contributed by atoms with Crippen LogP contribution in [0.3, 0.4) is 0 Å². The molecule has 100 valence electrons. The number of amides is 1. The molecule has 1 rings (SSSR count). The maximum absolute atomic E-state index is 11.5. The molecule has 5 nitrogen and oxygen atoms in total. The van der Waals surface area contributed by atoms with Crippen molar-refractivity contribution in [1.82, 2.24) is 0 Å². The van der Waals surface area contributed by atoms with Crippen LogP contribution in [0.15, 0.2) is 6.07 Å². The van der Waals surface area contributed by atoms with E-state index in [1.807, 2.05) is 0 Å². The molecule has 0 fully saturated rings. The number of hydrogen-bond donors (Lipinski definition) is 1. The molecule has 6 heteroatoms. The van der Waals surface area contributed by atoms with Crippen molar-refractivity contribution in [3.8, 4) is 0 Å². The average molecular weight is 271 g/mol. The van der Waals surface area contributed by atoms with Crippen LogP contribution in [-0.2, 0) is 9.47 Å². The van der Waals surface area contributed by atoms with Crippen molar-refractivity contribution in [2.45, 2.75) is 33.3 Å². The number of esters is 1. The Morgan fingerprint density at radius 3 is 2.44 bits per heavy atom. The Morgan fingerprint density at radius 2 is 1.94 bits per heavy atom. The van der Waals surface area contributed by atoms with Gasteiger partial charge in [0.05, 0.1) is 12.1 Å². The van der Waals surface area contributed by atoms with E-state index in [4.69, 9.17) is 4.74 Å². The van der Waals surface area contributed by atoms with Gasteiger partial charge < -0.3 is 9.47 Å². The first-order valence-electron chi connectivity index (χ1n) is 5.41. The molecule has 1 amide bonds. The summed E-state index contributed by atoms with van der Waals surface area (Å²) in [5.74, 6) is -0.408. The van der Waals surface area contributed by atoms with Gasteiger partial charge in [-0.2, -0.15) is 0 Å². The highest BCUT2D eigenvalue weighted by molar-refractivity contribution is 7.18. The minimum Gasteiger partial charge on any atom is -0.465 e. The first kappa shape index (κ1) is 14.5. The maximum atomic E-state index is 11.5. The average Bonchev–Trinajstić information content (AvgIpc) is 2.55. The van der Waals surface area contributed by atoms with Crippen LogP contribution in [0.5, 0.6) is 0 Å². The predicted molar refractivity (Wildman–Crippen MR) is 70.3 cm³/mol. The molecule has 0 saturated heterocycles. The maximum Gasteiger partial charge on any atom is 0.412 e. The number of rotatable bonds is 2. The fourth-order valence-corrected chi connectivity index (χ4v) is 2.22. The second-order valence-corrected chi connectivity index (χ2v) is 5.79. The molecule has 0 radical (unpaired) electrons. The molecular weight excluding hydrogens is 254 g/mol. The van der Waals surface area contributed by atoms with Crippen LogP contribution in [0, 0.1) is 6.92 Å². The SMILES string of the molecule is COC(=O)c1sc(NC(=O)OC(C)(C)C)cc1C. The van der Waals surface area contributed by atoms with E-state index in [1.54, 1.807) is 33.8 Å². The summed E-state index contributed by atoms with van der Waals surface area (Å²) in [6, 6.07) is 1.71. The van der Waals surface area contributed by atoms with Crippen molar-refractivity contribution in [2.24, 2.45) is 0 Å². The van der Waals surface area contributed by atoms with Gasteiger partial charge >= 0.3 is 12.1 Å². The standard InChI is InChI=1S/C12H17NO4S/c1-7-6-8(18-9(7)10(14)16-5)13-11(15)17-12(2,3)4/h6H,1-5H3,(H,13,15). The third kappa shape index (κ3) is 4.03. The number of methoxy groups -OCH3 is 1. The monoisotopic (exact) mass is 271 g/mol. The minimum atomic E-state index is -0.554. The first-order chi connectivity index (χ1) is 8.23. The van der Waals surface area contributed by atoms with Gasteiger partial charge in [0.25, 0.3) is 0 Å². The quantitative estimate of drug-likeness (QED) is 0.839. The lowest BCUT2D eigenvalue weighted by Crippen LogP contribution is -2.26. The number of anilines is 1. The summed E-state index contributed by atoms with van der Waals surface area (Å²) in [5, 5.41) is 3.15. The highest BCUT2D eigenvalue weighted by Crippen LogP contribution is 2.27. The molecule has 18 heavy (non-hydrogen) atoms. The van der Waals surface area contributed by atoms with Crippen LogP contribution >= 0.6 is 11.3 Å². The Balaban J connectivity index is 2.75. The molecule has 0 bridgehead atoms. The van der Waals surface area contributed by atoms with Gasteiger partial charge in [0, 0.05) is 0 Å². The van der Waals surface area contributed by atoms with E-state index < -0.39 is 17.7 Å². The molecular formula is C12H17NO4S. The predicted octanol–water partition coefficient (Wildman–Crippen LogP) is 3.19. The fourth-order valence-electron chi connectivity index (χ4n) is 1.24. The number of aryl methyl sites for hydroxylation is 1. The van der Waals surface area contributed by atoms with Gasteiger partial charge in [-0.25, -0.2) is 9.59 Å². The Bertz CT molecular complexity index is 459. The zero-order valence-electron chi connectivity index (χ0n) is 11.1. The zero-order valence-corrected chi connectivity index (χ0v) is 11.9. The smallest absolute Gasteiger partial charge is 0.412 e. The normalized spacial score (nSPS) is 10.9.